The van der Waals surface area contributed by atoms with Crippen molar-refractivity contribution in [3.8, 4) is 0 Å². The third kappa shape index (κ3) is 885. The van der Waals surface area contributed by atoms with Crippen molar-refractivity contribution in [2.75, 3.05) is 0 Å². The molecule has 0 aromatic heterocycles. The van der Waals surface area contributed by atoms with Gasteiger partial charge in [0.25, 0.3) is 0 Å². The van der Waals surface area contributed by atoms with Gasteiger partial charge in [0, 0.05) is 18.6 Å². The number of hydrogen-bond donors (Lipinski definition) is 0. The van der Waals surface area contributed by atoms with Gasteiger partial charge in [-0.3, -0.25) is 0 Å². The maximum Gasteiger partial charge on any atom is 3.00 e. The molecule has 0 aromatic rings. The molecule has 0 rings (SSSR count). The molecule has 107 valence electrons. The van der Waals surface area contributed by atoms with E-state index < -0.39 is 23.5 Å². The molecule has 0 bridgehead atoms. The van der Waals surface area contributed by atoms with Gasteiger partial charge in [0.05, 0.1) is 0 Å². The standard InChI is InChI=1S/Na.3H3O4P.Rh.V/c;3*1-5(2,3)4;;/h;3*(H3,1,2,3,4);;/q+1;;;;+3;/p-9. The Morgan fingerprint density at radius 2 is 0.500 bits per heavy atom. The summed E-state index contributed by atoms with van der Waals surface area (Å²) in [5, 5.41) is 0. The molecule has 0 saturated carbocycles. The first-order valence-electron chi connectivity index (χ1n) is 2.19. The molecular formula is NaO12P3RhV-5. The molecule has 0 fully saturated rings. The van der Waals surface area contributed by atoms with Gasteiger partial charge in [0.2, 0.25) is 0 Å². The van der Waals surface area contributed by atoms with Crippen LogP contribution in [0.2, 0.25) is 0 Å². The van der Waals surface area contributed by atoms with Crippen LogP contribution in [-0.2, 0) is 51.7 Å². The monoisotopic (exact) mass is 462 g/mol. The van der Waals surface area contributed by atoms with Crippen LogP contribution in [-0.4, -0.2) is 0 Å². The van der Waals surface area contributed by atoms with Crippen molar-refractivity contribution in [2.45, 2.75) is 0 Å². The maximum absolute atomic E-state index is 8.55. The van der Waals surface area contributed by atoms with E-state index in [1.165, 1.54) is 0 Å². The van der Waals surface area contributed by atoms with Gasteiger partial charge in [-0.1, -0.05) is 0 Å². The van der Waals surface area contributed by atoms with Gasteiger partial charge in [-0.05, 0) is 0 Å². The molecule has 0 unspecified atom stereocenters. The van der Waals surface area contributed by atoms with E-state index in [1.807, 2.05) is 0 Å². The molecule has 0 aliphatic rings. The Hall–Kier alpha value is 2.54. The van der Waals surface area contributed by atoms with E-state index in [1.54, 1.807) is 0 Å². The predicted molar refractivity (Wildman–Crippen MR) is 22.8 cm³/mol. The van der Waals surface area contributed by atoms with Gasteiger partial charge in [0.15, 0.2) is 0 Å². The Bertz CT molecular complexity index is 213. The molecule has 0 heterocycles. The quantitative estimate of drug-likeness (QED) is 0.240. The Kier molecular flexibility index (Phi) is 32.8. The molecule has 0 aliphatic heterocycles. The molecule has 1 radical (unpaired) electrons. The molecular weight excluding hydrogens is 462 g/mol. The van der Waals surface area contributed by atoms with Crippen LogP contribution < -0.4 is 73.6 Å². The predicted octanol–water partition coefficient (Wildman–Crippen LogP) is -11.5. The fraction of sp³-hybridized carbons (Fsp3) is 0. The zero-order chi connectivity index (χ0) is 13.5. The molecule has 0 aliphatic carbocycles. The molecule has 18 heteroatoms. The van der Waals surface area contributed by atoms with Gasteiger partial charge in [-0.15, -0.1) is 0 Å². The second-order valence-electron chi connectivity index (χ2n) is 1.34. The first-order valence-corrected chi connectivity index (χ1v) is 6.57. The van der Waals surface area contributed by atoms with E-state index in [2.05, 4.69) is 0 Å². The molecule has 12 nitrogen and oxygen atoms in total. The van der Waals surface area contributed by atoms with Crippen molar-refractivity contribution in [1.82, 2.24) is 0 Å². The van der Waals surface area contributed by atoms with Crippen LogP contribution in [0.3, 0.4) is 0 Å². The molecule has 0 N–H and O–H groups in total. The average Bonchev–Trinajstić information content (AvgIpc) is 1.41. The van der Waals surface area contributed by atoms with Gasteiger partial charge in [-0.2, -0.15) is 23.5 Å². The Labute approximate surface area is 147 Å². The van der Waals surface area contributed by atoms with Crippen molar-refractivity contribution < 1.29 is 125 Å². The topological polar surface area (TPSA) is 259 Å². The first kappa shape index (κ1) is 37.1. The van der Waals surface area contributed by atoms with Crippen molar-refractivity contribution in [3.63, 3.8) is 0 Å². The molecule has 18 heavy (non-hydrogen) atoms. The minimum atomic E-state index is -5.39. The molecule has 0 aromatic carbocycles. The van der Waals surface area contributed by atoms with E-state index in [0.29, 0.717) is 0 Å². The summed E-state index contributed by atoms with van der Waals surface area (Å²) in [6.07, 6.45) is 0. The van der Waals surface area contributed by atoms with Crippen molar-refractivity contribution >= 4 is 23.5 Å². The van der Waals surface area contributed by atoms with Crippen LogP contribution in [0.5, 0.6) is 0 Å². The summed E-state index contributed by atoms with van der Waals surface area (Å²) in [6.45, 7) is 0. The van der Waals surface area contributed by atoms with E-state index in [4.69, 9.17) is 57.7 Å². The Morgan fingerprint density at radius 1 is 0.500 bits per heavy atom. The summed E-state index contributed by atoms with van der Waals surface area (Å²) >= 11 is 0. The first-order chi connectivity index (χ1) is 6.00. The third-order valence-electron chi connectivity index (χ3n) is 0. The number of rotatable bonds is 0. The summed E-state index contributed by atoms with van der Waals surface area (Å²) in [6, 6.07) is 0. The Morgan fingerprint density at radius 3 is 0.500 bits per heavy atom. The van der Waals surface area contributed by atoms with Gasteiger partial charge >= 0.3 is 49.0 Å². The molecule has 0 atom stereocenters. The normalized spacial score (nSPS) is 9.83. The third-order valence-corrected chi connectivity index (χ3v) is 0. The summed E-state index contributed by atoms with van der Waals surface area (Å²) in [5.41, 5.74) is 0. The second kappa shape index (κ2) is 15.9. The summed E-state index contributed by atoms with van der Waals surface area (Å²) in [7, 11) is -16.2. The second-order valence-corrected chi connectivity index (χ2v) is 4.02. The van der Waals surface area contributed by atoms with Crippen molar-refractivity contribution in [2.24, 2.45) is 0 Å². The summed E-state index contributed by atoms with van der Waals surface area (Å²) in [5.74, 6) is 0. The van der Waals surface area contributed by atoms with E-state index in [0.717, 1.165) is 0 Å². The summed E-state index contributed by atoms with van der Waals surface area (Å²) < 4.78 is 25.6. The van der Waals surface area contributed by atoms with Crippen LogP contribution in [0.25, 0.3) is 0 Å². The minimum absolute atomic E-state index is 0. The fourth-order valence-corrected chi connectivity index (χ4v) is 0. The van der Waals surface area contributed by atoms with Crippen LogP contribution in [0.4, 0.5) is 0 Å². The maximum atomic E-state index is 8.55. The zero-order valence-corrected chi connectivity index (χ0v) is 15.7. The number of hydrogen-bond acceptors (Lipinski definition) is 12. The smallest absolute Gasteiger partial charge is 0.822 e. The fourth-order valence-electron chi connectivity index (χ4n) is 0. The SMILES string of the molecule is O=P([O-])([O-])[O-].O=P([O-])([O-])[O-].O=P([O-])([O-])[O-].[Na+].[Rh+3].[V]. The van der Waals surface area contributed by atoms with Gasteiger partial charge < -0.3 is 57.7 Å². The van der Waals surface area contributed by atoms with Crippen LogP contribution >= 0.6 is 23.5 Å². The van der Waals surface area contributed by atoms with E-state index in [9.17, 15) is 0 Å². The minimum Gasteiger partial charge on any atom is -0.822 e. The van der Waals surface area contributed by atoms with Crippen LogP contribution in [0.15, 0.2) is 0 Å². The van der Waals surface area contributed by atoms with Crippen LogP contribution in [0.1, 0.15) is 0 Å². The molecule has 0 spiro atoms. The largest absolute Gasteiger partial charge is 3.00 e. The number of phosphoric acid groups is 3. The van der Waals surface area contributed by atoms with E-state index >= 15 is 0 Å². The molecule has 0 amide bonds. The summed E-state index contributed by atoms with van der Waals surface area (Å²) in [4.78, 5) is 76.9. The van der Waals surface area contributed by atoms with Crippen LogP contribution in [0, 0.1) is 0 Å². The van der Waals surface area contributed by atoms with Crippen molar-refractivity contribution in [3.05, 3.63) is 0 Å². The van der Waals surface area contributed by atoms with E-state index in [-0.39, 0.29) is 67.6 Å². The molecule has 0 saturated heterocycles. The van der Waals surface area contributed by atoms with Crippen molar-refractivity contribution in [1.29, 1.82) is 0 Å². The zero-order valence-electron chi connectivity index (χ0n) is 8.02. The van der Waals surface area contributed by atoms with Gasteiger partial charge in [0.1, 0.15) is 0 Å². The Balaban J connectivity index is -0.0000000277. The average molecular weight is 462 g/mol. The van der Waals surface area contributed by atoms with Gasteiger partial charge in [-0.25, -0.2) is 0 Å².